The lowest BCUT2D eigenvalue weighted by Gasteiger charge is -2.30. The second-order valence-electron chi connectivity index (χ2n) is 6.18. The SMILES string of the molecule is CN=C(NCc1c(C)nn(C)c1C)NCC1Cc2ccccc21. The van der Waals surface area contributed by atoms with E-state index in [2.05, 4.69) is 51.9 Å². The van der Waals surface area contributed by atoms with Gasteiger partial charge in [0, 0.05) is 44.4 Å². The summed E-state index contributed by atoms with van der Waals surface area (Å²) >= 11 is 0. The van der Waals surface area contributed by atoms with E-state index in [-0.39, 0.29) is 0 Å². The summed E-state index contributed by atoms with van der Waals surface area (Å²) in [4.78, 5) is 4.32. The Morgan fingerprint density at radius 3 is 2.74 bits per heavy atom. The predicted molar refractivity (Wildman–Crippen MR) is 93.8 cm³/mol. The highest BCUT2D eigenvalue weighted by atomic mass is 15.3. The topological polar surface area (TPSA) is 54.2 Å². The fourth-order valence-corrected chi connectivity index (χ4v) is 3.23. The van der Waals surface area contributed by atoms with E-state index in [0.29, 0.717) is 5.92 Å². The standard InChI is InChI=1S/C18H25N5/c1-12-17(13(2)23(4)22-12)11-21-18(19-3)20-10-15-9-14-7-5-6-8-16(14)15/h5-8,15H,9-11H2,1-4H3,(H2,19,20,21). The normalized spacial score (nSPS) is 16.7. The fraction of sp³-hybridized carbons (Fsp3) is 0.444. The highest BCUT2D eigenvalue weighted by molar-refractivity contribution is 5.79. The van der Waals surface area contributed by atoms with Crippen molar-refractivity contribution in [3.8, 4) is 0 Å². The summed E-state index contributed by atoms with van der Waals surface area (Å²) < 4.78 is 1.92. The Bertz CT molecular complexity index is 729. The molecule has 0 fully saturated rings. The van der Waals surface area contributed by atoms with Crippen molar-refractivity contribution in [2.24, 2.45) is 12.0 Å². The molecule has 0 aliphatic heterocycles. The summed E-state index contributed by atoms with van der Waals surface area (Å²) in [5.74, 6) is 1.43. The summed E-state index contributed by atoms with van der Waals surface area (Å²) in [6.45, 7) is 5.80. The van der Waals surface area contributed by atoms with Crippen LogP contribution in [0.2, 0.25) is 0 Å². The van der Waals surface area contributed by atoms with Gasteiger partial charge in [0.05, 0.1) is 5.69 Å². The Hall–Kier alpha value is -2.30. The lowest BCUT2D eigenvalue weighted by Crippen LogP contribution is -2.40. The number of guanidine groups is 1. The third-order valence-corrected chi connectivity index (χ3v) is 4.79. The maximum absolute atomic E-state index is 4.45. The Labute approximate surface area is 137 Å². The van der Waals surface area contributed by atoms with Crippen LogP contribution >= 0.6 is 0 Å². The number of aromatic nitrogens is 2. The molecular weight excluding hydrogens is 286 g/mol. The zero-order valence-electron chi connectivity index (χ0n) is 14.3. The predicted octanol–water partition coefficient (Wildman–Crippen LogP) is 2.04. The van der Waals surface area contributed by atoms with Crippen molar-refractivity contribution in [1.29, 1.82) is 0 Å². The highest BCUT2D eigenvalue weighted by Gasteiger charge is 2.25. The van der Waals surface area contributed by atoms with Gasteiger partial charge in [-0.05, 0) is 31.4 Å². The van der Waals surface area contributed by atoms with Crippen LogP contribution in [0.1, 0.15) is 34.0 Å². The van der Waals surface area contributed by atoms with Crippen LogP contribution in [0.15, 0.2) is 29.3 Å². The van der Waals surface area contributed by atoms with Crippen molar-refractivity contribution < 1.29 is 0 Å². The monoisotopic (exact) mass is 311 g/mol. The van der Waals surface area contributed by atoms with Gasteiger partial charge in [0.1, 0.15) is 0 Å². The van der Waals surface area contributed by atoms with Crippen LogP contribution in [0, 0.1) is 13.8 Å². The molecule has 0 amide bonds. The first-order valence-corrected chi connectivity index (χ1v) is 8.11. The van der Waals surface area contributed by atoms with E-state index in [1.165, 1.54) is 22.4 Å². The van der Waals surface area contributed by atoms with Gasteiger partial charge >= 0.3 is 0 Å². The Balaban J connectivity index is 1.53. The highest BCUT2D eigenvalue weighted by Crippen LogP contribution is 2.33. The minimum Gasteiger partial charge on any atom is -0.356 e. The molecule has 1 aromatic heterocycles. The molecule has 1 aliphatic carbocycles. The van der Waals surface area contributed by atoms with E-state index < -0.39 is 0 Å². The van der Waals surface area contributed by atoms with Crippen LogP contribution < -0.4 is 10.6 Å². The van der Waals surface area contributed by atoms with Crippen molar-refractivity contribution in [2.45, 2.75) is 32.7 Å². The third kappa shape index (κ3) is 3.09. The van der Waals surface area contributed by atoms with Crippen LogP contribution in [0.25, 0.3) is 0 Å². The van der Waals surface area contributed by atoms with Gasteiger partial charge in [0.2, 0.25) is 0 Å². The van der Waals surface area contributed by atoms with Crippen molar-refractivity contribution in [2.75, 3.05) is 13.6 Å². The smallest absolute Gasteiger partial charge is 0.191 e. The minimum atomic E-state index is 0.589. The molecule has 2 aromatic rings. The molecule has 0 spiro atoms. The van der Waals surface area contributed by atoms with Gasteiger partial charge in [0.25, 0.3) is 0 Å². The van der Waals surface area contributed by atoms with Gasteiger partial charge in [-0.2, -0.15) is 5.10 Å². The number of aryl methyl sites for hydroxylation is 2. The van der Waals surface area contributed by atoms with Crippen molar-refractivity contribution in [3.63, 3.8) is 0 Å². The summed E-state index contributed by atoms with van der Waals surface area (Å²) in [6.07, 6.45) is 1.15. The molecule has 0 bridgehead atoms. The van der Waals surface area contributed by atoms with Crippen molar-refractivity contribution >= 4 is 5.96 Å². The first-order chi connectivity index (χ1) is 11.1. The molecule has 23 heavy (non-hydrogen) atoms. The van der Waals surface area contributed by atoms with E-state index in [1.54, 1.807) is 0 Å². The van der Waals surface area contributed by atoms with Crippen LogP contribution in [-0.2, 0) is 20.0 Å². The molecule has 3 rings (SSSR count). The second-order valence-corrected chi connectivity index (χ2v) is 6.18. The van der Waals surface area contributed by atoms with Gasteiger partial charge < -0.3 is 10.6 Å². The third-order valence-electron chi connectivity index (χ3n) is 4.79. The molecule has 1 unspecified atom stereocenters. The Morgan fingerprint density at radius 1 is 1.30 bits per heavy atom. The first-order valence-electron chi connectivity index (χ1n) is 8.11. The van der Waals surface area contributed by atoms with Crippen LogP contribution in [0.4, 0.5) is 0 Å². The number of fused-ring (bicyclic) bond motifs is 1. The summed E-state index contributed by atoms with van der Waals surface area (Å²) in [5.41, 5.74) is 6.45. The molecule has 0 saturated heterocycles. The summed E-state index contributed by atoms with van der Waals surface area (Å²) in [6, 6.07) is 8.67. The van der Waals surface area contributed by atoms with Gasteiger partial charge in [-0.15, -0.1) is 0 Å². The lowest BCUT2D eigenvalue weighted by atomic mass is 9.78. The quantitative estimate of drug-likeness (QED) is 0.671. The number of hydrogen-bond acceptors (Lipinski definition) is 2. The number of hydrogen-bond donors (Lipinski definition) is 2. The first kappa shape index (κ1) is 15.6. The van der Waals surface area contributed by atoms with Gasteiger partial charge in [-0.1, -0.05) is 24.3 Å². The summed E-state index contributed by atoms with van der Waals surface area (Å²) in [7, 11) is 3.79. The van der Waals surface area contributed by atoms with Gasteiger partial charge in [-0.3, -0.25) is 9.67 Å². The Morgan fingerprint density at radius 2 is 2.09 bits per heavy atom. The van der Waals surface area contributed by atoms with Crippen LogP contribution in [0.3, 0.4) is 0 Å². The molecule has 1 aliphatic rings. The molecule has 122 valence electrons. The van der Waals surface area contributed by atoms with Crippen molar-refractivity contribution in [3.05, 3.63) is 52.3 Å². The average Bonchev–Trinajstić information content (AvgIpc) is 2.76. The molecular formula is C18H25N5. The fourth-order valence-electron chi connectivity index (χ4n) is 3.23. The van der Waals surface area contributed by atoms with Crippen LogP contribution in [0.5, 0.6) is 0 Å². The van der Waals surface area contributed by atoms with Crippen molar-refractivity contribution in [1.82, 2.24) is 20.4 Å². The summed E-state index contributed by atoms with van der Waals surface area (Å²) in [5, 5.41) is 11.3. The van der Waals surface area contributed by atoms with E-state index in [1.807, 2.05) is 25.7 Å². The number of rotatable bonds is 4. The van der Waals surface area contributed by atoms with E-state index >= 15 is 0 Å². The molecule has 5 nitrogen and oxygen atoms in total. The average molecular weight is 311 g/mol. The Kier molecular flexibility index (Phi) is 4.37. The molecule has 1 aromatic carbocycles. The molecule has 5 heteroatoms. The molecule has 1 heterocycles. The second kappa shape index (κ2) is 6.44. The molecule has 0 saturated carbocycles. The number of nitrogens with one attached hydrogen (secondary N) is 2. The zero-order valence-corrected chi connectivity index (χ0v) is 14.3. The number of benzene rings is 1. The lowest BCUT2D eigenvalue weighted by molar-refractivity contribution is 0.583. The maximum atomic E-state index is 4.45. The number of nitrogens with zero attached hydrogens (tertiary/aromatic N) is 3. The van der Waals surface area contributed by atoms with E-state index in [4.69, 9.17) is 0 Å². The van der Waals surface area contributed by atoms with Gasteiger partial charge in [-0.25, -0.2) is 0 Å². The largest absolute Gasteiger partial charge is 0.356 e. The number of aliphatic imine (C=N–C) groups is 1. The minimum absolute atomic E-state index is 0.589. The van der Waals surface area contributed by atoms with Crippen LogP contribution in [-0.4, -0.2) is 29.3 Å². The molecule has 1 atom stereocenters. The van der Waals surface area contributed by atoms with E-state index in [0.717, 1.165) is 31.2 Å². The van der Waals surface area contributed by atoms with Gasteiger partial charge in [0.15, 0.2) is 5.96 Å². The molecule has 2 N–H and O–H groups in total. The molecule has 0 radical (unpaired) electrons. The van der Waals surface area contributed by atoms with E-state index in [9.17, 15) is 0 Å². The maximum Gasteiger partial charge on any atom is 0.191 e. The zero-order chi connectivity index (χ0) is 16.4.